The Morgan fingerprint density at radius 3 is 2.24 bits per heavy atom. The molecule has 1 heterocycles. The van der Waals surface area contributed by atoms with Crippen LogP contribution in [0.25, 0.3) is 0 Å². The fourth-order valence-electron chi connectivity index (χ4n) is 4.37. The van der Waals surface area contributed by atoms with Crippen LogP contribution in [-0.4, -0.2) is 84.3 Å². The molecule has 4 N–H and O–H groups in total. The van der Waals surface area contributed by atoms with E-state index in [1.165, 1.54) is 24.3 Å². The number of carbonyl (C=O) groups is 4. The maximum Gasteiger partial charge on any atom is 0.435 e. The number of carbonyl (C=O) groups excluding carboxylic acids is 4. The van der Waals surface area contributed by atoms with E-state index < -0.39 is 24.0 Å². The molecule has 0 aromatic heterocycles. The molecule has 1 fully saturated rings. The van der Waals surface area contributed by atoms with E-state index in [-0.39, 0.29) is 54.9 Å². The maximum absolute atomic E-state index is 13.6. The summed E-state index contributed by atoms with van der Waals surface area (Å²) in [6.07, 6.45) is 0.0732. The number of hydrogen-bond acceptors (Lipinski definition) is 8. The lowest BCUT2D eigenvalue weighted by atomic mass is 10.0. The third-order valence-corrected chi connectivity index (χ3v) is 6.46. The highest BCUT2D eigenvalue weighted by molar-refractivity contribution is 6.04. The van der Waals surface area contributed by atoms with Crippen molar-refractivity contribution in [2.24, 2.45) is 10.7 Å². The number of nitrogens with zero attached hydrogens (tertiary/aromatic N) is 2. The van der Waals surface area contributed by atoms with Gasteiger partial charge in [0.25, 0.3) is 5.91 Å². The summed E-state index contributed by atoms with van der Waals surface area (Å²) in [4.78, 5) is 55.5. The molecule has 1 atom stereocenters. The Bertz CT molecular complexity index is 1250. The van der Waals surface area contributed by atoms with Crippen molar-refractivity contribution < 1.29 is 38.5 Å². The lowest BCUT2D eigenvalue weighted by Crippen LogP contribution is -2.52. The predicted molar refractivity (Wildman–Crippen MR) is 154 cm³/mol. The summed E-state index contributed by atoms with van der Waals surface area (Å²) in [5, 5.41) is 12.5. The van der Waals surface area contributed by atoms with E-state index in [0.717, 1.165) is 5.56 Å². The number of aromatic hydroxyl groups is 1. The van der Waals surface area contributed by atoms with Crippen LogP contribution < -0.4 is 11.1 Å². The van der Waals surface area contributed by atoms with E-state index in [2.05, 4.69) is 10.3 Å². The van der Waals surface area contributed by atoms with Gasteiger partial charge in [0.1, 0.15) is 24.2 Å². The van der Waals surface area contributed by atoms with Crippen LogP contribution in [0.4, 0.5) is 4.79 Å². The van der Waals surface area contributed by atoms with Crippen molar-refractivity contribution in [3.63, 3.8) is 0 Å². The molecule has 226 valence electrons. The molecule has 2 aromatic rings. The van der Waals surface area contributed by atoms with Gasteiger partial charge in [-0.15, -0.1) is 0 Å². The topological polar surface area (TPSA) is 170 Å². The summed E-state index contributed by atoms with van der Waals surface area (Å²) in [7, 11) is 0. The van der Waals surface area contributed by atoms with Crippen LogP contribution in [0.1, 0.15) is 55.1 Å². The van der Waals surface area contributed by atoms with E-state index in [4.69, 9.17) is 19.9 Å². The fraction of sp³-hybridized carbons (Fsp3) is 0.433. The second-order valence-electron chi connectivity index (χ2n) is 10.0. The maximum atomic E-state index is 13.6. The number of aliphatic imine (C=N–C) groups is 1. The highest BCUT2D eigenvalue weighted by Gasteiger charge is 2.30. The number of esters is 1. The van der Waals surface area contributed by atoms with Crippen molar-refractivity contribution in [3.05, 3.63) is 65.2 Å². The van der Waals surface area contributed by atoms with E-state index in [9.17, 15) is 24.3 Å². The van der Waals surface area contributed by atoms with Crippen LogP contribution in [0, 0.1) is 0 Å². The first-order valence-electron chi connectivity index (χ1n) is 13.9. The van der Waals surface area contributed by atoms with Gasteiger partial charge in [0, 0.05) is 30.6 Å². The molecule has 1 aliphatic heterocycles. The van der Waals surface area contributed by atoms with Crippen molar-refractivity contribution in [3.8, 4) is 5.75 Å². The van der Waals surface area contributed by atoms with Crippen LogP contribution in [-0.2, 0) is 30.2 Å². The van der Waals surface area contributed by atoms with E-state index >= 15 is 0 Å². The summed E-state index contributed by atoms with van der Waals surface area (Å²) in [6, 6.07) is 11.7. The second-order valence-corrected chi connectivity index (χ2v) is 10.0. The van der Waals surface area contributed by atoms with Crippen molar-refractivity contribution in [2.45, 2.75) is 58.3 Å². The number of amidine groups is 1. The Balaban J connectivity index is 1.66. The van der Waals surface area contributed by atoms with Crippen LogP contribution in [0.3, 0.4) is 0 Å². The van der Waals surface area contributed by atoms with Gasteiger partial charge in [-0.1, -0.05) is 24.3 Å². The number of phenolic OH excluding ortho intramolecular Hbond substituents is 1. The minimum atomic E-state index is -0.879. The number of ether oxygens (including phenoxy) is 3. The molecule has 42 heavy (non-hydrogen) atoms. The van der Waals surface area contributed by atoms with Crippen molar-refractivity contribution in [2.75, 3.05) is 26.3 Å². The predicted octanol–water partition coefficient (Wildman–Crippen LogP) is 2.55. The van der Waals surface area contributed by atoms with Gasteiger partial charge in [-0.2, -0.15) is 4.99 Å². The second kappa shape index (κ2) is 15.5. The number of rotatable bonds is 11. The van der Waals surface area contributed by atoms with E-state index in [0.29, 0.717) is 31.5 Å². The Labute approximate surface area is 244 Å². The molecule has 12 heteroatoms. The van der Waals surface area contributed by atoms with Gasteiger partial charge in [-0.3, -0.25) is 9.59 Å². The average Bonchev–Trinajstić information content (AvgIpc) is 2.96. The molecular formula is C30H38N4O8. The van der Waals surface area contributed by atoms with Crippen LogP contribution >= 0.6 is 0 Å². The van der Waals surface area contributed by atoms with Gasteiger partial charge in [0.15, 0.2) is 0 Å². The summed E-state index contributed by atoms with van der Waals surface area (Å²) < 4.78 is 15.5. The molecule has 12 nitrogen and oxygen atoms in total. The quantitative estimate of drug-likeness (QED) is 0.205. The van der Waals surface area contributed by atoms with E-state index in [1.54, 1.807) is 49.9 Å². The average molecular weight is 583 g/mol. The van der Waals surface area contributed by atoms with Gasteiger partial charge >= 0.3 is 12.1 Å². The number of phenols is 1. The molecule has 1 saturated heterocycles. The summed E-state index contributed by atoms with van der Waals surface area (Å²) in [5.74, 6) is -1.11. The molecule has 0 bridgehead atoms. The van der Waals surface area contributed by atoms with E-state index in [1.807, 2.05) is 0 Å². The van der Waals surface area contributed by atoms with Crippen molar-refractivity contribution in [1.82, 2.24) is 10.2 Å². The summed E-state index contributed by atoms with van der Waals surface area (Å²) >= 11 is 0. The lowest BCUT2D eigenvalue weighted by molar-refractivity contribution is -0.156. The number of piperidine rings is 1. The van der Waals surface area contributed by atoms with Gasteiger partial charge in [0.2, 0.25) is 5.91 Å². The van der Waals surface area contributed by atoms with Crippen LogP contribution in [0.15, 0.2) is 53.5 Å². The highest BCUT2D eigenvalue weighted by atomic mass is 16.6. The van der Waals surface area contributed by atoms with Gasteiger partial charge < -0.3 is 35.3 Å². The first-order valence-corrected chi connectivity index (χ1v) is 13.9. The molecule has 0 spiro atoms. The van der Waals surface area contributed by atoms with Gasteiger partial charge in [-0.25, -0.2) is 9.59 Å². The fourth-order valence-corrected chi connectivity index (χ4v) is 4.37. The van der Waals surface area contributed by atoms with Crippen LogP contribution in [0.5, 0.6) is 5.75 Å². The Hall–Kier alpha value is -4.45. The third-order valence-electron chi connectivity index (χ3n) is 6.46. The molecule has 3 rings (SSSR count). The minimum absolute atomic E-state index is 0.0509. The largest absolute Gasteiger partial charge is 0.508 e. The normalized spacial score (nSPS) is 14.8. The van der Waals surface area contributed by atoms with Crippen molar-refractivity contribution in [1.29, 1.82) is 0 Å². The molecule has 1 aliphatic rings. The number of likely N-dealkylation sites (tertiary alicyclic amines) is 1. The SMILES string of the molecule is CCOC(=O)/N=C(\N)c1ccc(C(=O)N[C@@H](Cc2ccc(O)cc2)C(=O)N2CCC(OCC(=O)OC(C)C)CC2)cc1. The Morgan fingerprint density at radius 1 is 1.02 bits per heavy atom. The van der Waals surface area contributed by atoms with Gasteiger partial charge in [0.05, 0.1) is 18.8 Å². The Morgan fingerprint density at radius 2 is 1.64 bits per heavy atom. The third kappa shape index (κ3) is 9.88. The number of nitrogens with one attached hydrogen (secondary N) is 1. The molecule has 0 radical (unpaired) electrons. The Kier molecular flexibility index (Phi) is 11.9. The van der Waals surface area contributed by atoms with Crippen LogP contribution in [0.2, 0.25) is 0 Å². The van der Waals surface area contributed by atoms with Gasteiger partial charge in [-0.05, 0) is 63.4 Å². The lowest BCUT2D eigenvalue weighted by Gasteiger charge is -2.34. The molecule has 3 amide bonds. The zero-order chi connectivity index (χ0) is 30.6. The molecule has 0 saturated carbocycles. The molecular weight excluding hydrogens is 544 g/mol. The number of amides is 3. The smallest absolute Gasteiger partial charge is 0.435 e. The monoisotopic (exact) mass is 582 g/mol. The zero-order valence-electron chi connectivity index (χ0n) is 24.1. The van der Waals surface area contributed by atoms with Crippen molar-refractivity contribution >= 4 is 29.7 Å². The minimum Gasteiger partial charge on any atom is -0.508 e. The number of hydrogen-bond donors (Lipinski definition) is 3. The first kappa shape index (κ1) is 32.1. The summed E-state index contributed by atoms with van der Waals surface area (Å²) in [6.45, 7) is 6.02. The zero-order valence-corrected chi connectivity index (χ0v) is 24.1. The first-order chi connectivity index (χ1) is 20.0. The highest BCUT2D eigenvalue weighted by Crippen LogP contribution is 2.18. The number of benzene rings is 2. The summed E-state index contributed by atoms with van der Waals surface area (Å²) in [5.41, 5.74) is 7.33. The molecule has 0 aliphatic carbocycles. The molecule has 0 unspecified atom stereocenters. The number of nitrogens with two attached hydrogens (primary N) is 1. The standard InChI is InChI=1S/C30H38N4O8/c1-4-40-30(39)33-27(31)21-7-9-22(10-8-21)28(37)32-25(17-20-5-11-23(35)12-6-20)29(38)34-15-13-24(14-16-34)41-18-26(36)42-19(2)3/h5-12,19,24-25,35H,4,13-18H2,1-3H3,(H,32,37)(H2,31,33,39)/t25-/m0/s1. The molecule has 2 aromatic carbocycles.